The van der Waals surface area contributed by atoms with Gasteiger partial charge in [0.1, 0.15) is 0 Å². The second-order valence-electron chi connectivity index (χ2n) is 5.47. The van der Waals surface area contributed by atoms with Crippen LogP contribution in [0.2, 0.25) is 0 Å². The molecule has 0 radical (unpaired) electrons. The van der Waals surface area contributed by atoms with Gasteiger partial charge in [-0.05, 0) is 53.0 Å². The summed E-state index contributed by atoms with van der Waals surface area (Å²) < 4.78 is 6.29. The fourth-order valence-electron chi connectivity index (χ4n) is 2.34. The molecule has 2 rings (SSSR count). The van der Waals surface area contributed by atoms with Crippen molar-refractivity contribution in [2.75, 3.05) is 6.61 Å². The summed E-state index contributed by atoms with van der Waals surface area (Å²) in [5.74, 6) is -1.82. The molecular formula is C20H20Br2N2O4. The van der Waals surface area contributed by atoms with Crippen molar-refractivity contribution in [3.05, 3.63) is 74.1 Å². The summed E-state index contributed by atoms with van der Waals surface area (Å²) in [6, 6.07) is 14.4. The minimum Gasteiger partial charge on any atom is -0.481 e. The molecule has 0 aliphatic carbocycles. The number of halogens is 2. The van der Waals surface area contributed by atoms with E-state index >= 15 is 0 Å². The Balaban J connectivity index is 0.000000283. The number of rotatable bonds is 6. The molecule has 6 nitrogen and oxygen atoms in total. The highest BCUT2D eigenvalue weighted by molar-refractivity contribution is 9.10. The van der Waals surface area contributed by atoms with Crippen molar-refractivity contribution < 1.29 is 24.2 Å². The maximum Gasteiger partial charge on any atom is 0.422 e. The number of carbonyl (C=O) groups is 2. The molecule has 0 aromatic heterocycles. The molecule has 0 amide bonds. The van der Waals surface area contributed by atoms with Crippen molar-refractivity contribution in [2.24, 2.45) is 0 Å². The summed E-state index contributed by atoms with van der Waals surface area (Å²) in [4.78, 5) is 25.2. The third kappa shape index (κ3) is 6.71. The lowest BCUT2D eigenvalue weighted by atomic mass is 9.97. The van der Waals surface area contributed by atoms with E-state index in [0.29, 0.717) is 16.5 Å². The van der Waals surface area contributed by atoms with Gasteiger partial charge in [0.2, 0.25) is 0 Å². The molecule has 0 spiro atoms. The van der Waals surface area contributed by atoms with Gasteiger partial charge in [0.25, 0.3) is 0 Å². The van der Waals surface area contributed by atoms with E-state index in [2.05, 4.69) is 36.6 Å². The normalized spacial score (nSPS) is 10.7. The van der Waals surface area contributed by atoms with Crippen LogP contribution in [-0.4, -0.2) is 34.2 Å². The number of carboxylic acid groups (broad SMARTS) is 1. The van der Waals surface area contributed by atoms with E-state index in [4.69, 9.17) is 15.4 Å². The summed E-state index contributed by atoms with van der Waals surface area (Å²) in [7, 11) is 0. The molecule has 148 valence electrons. The summed E-state index contributed by atoms with van der Waals surface area (Å²) in [6.07, 6.45) is 0.609. The highest BCUT2D eigenvalue weighted by Gasteiger charge is 2.26. The maximum absolute atomic E-state index is 11.4. The van der Waals surface area contributed by atoms with Gasteiger partial charge in [0, 0.05) is 8.95 Å². The van der Waals surface area contributed by atoms with Gasteiger partial charge in [-0.3, -0.25) is 4.79 Å². The molecule has 0 fully saturated rings. The topological polar surface area (TPSA) is 100 Å². The molecule has 28 heavy (non-hydrogen) atoms. The molecular weight excluding hydrogens is 492 g/mol. The monoisotopic (exact) mass is 510 g/mol. The Kier molecular flexibility index (Phi) is 10.4. The van der Waals surface area contributed by atoms with Gasteiger partial charge >= 0.3 is 17.7 Å². The largest absolute Gasteiger partial charge is 0.481 e. The Hall–Kier alpha value is -2.28. The first-order chi connectivity index (χ1) is 13.4. The number of nitrogens with zero attached hydrogens (tertiary/aromatic N) is 2. The van der Waals surface area contributed by atoms with Crippen LogP contribution in [0, 0.1) is 0 Å². The third-order valence-corrected chi connectivity index (χ3v) is 5.10. The van der Waals surface area contributed by atoms with Crippen molar-refractivity contribution in [3.8, 4) is 0 Å². The SMILES string of the molecule is CCC(C(=O)O)c1ccccc1Br.CCOC(=O)C(=[N+]=[N-])c1ccccc1Br. The molecule has 1 atom stereocenters. The highest BCUT2D eigenvalue weighted by atomic mass is 79.9. The zero-order chi connectivity index (χ0) is 21.1. The van der Waals surface area contributed by atoms with Gasteiger partial charge in [-0.25, -0.2) is 4.79 Å². The number of ether oxygens (including phenoxy) is 1. The minimum absolute atomic E-state index is 0.107. The van der Waals surface area contributed by atoms with E-state index in [9.17, 15) is 9.59 Å². The van der Waals surface area contributed by atoms with Crippen LogP contribution in [0.4, 0.5) is 0 Å². The summed E-state index contributed by atoms with van der Waals surface area (Å²) >= 11 is 6.60. The first kappa shape index (κ1) is 23.8. The molecule has 2 aromatic carbocycles. The minimum atomic E-state index is -0.769. The Morgan fingerprint density at radius 3 is 2.11 bits per heavy atom. The lowest BCUT2D eigenvalue weighted by Gasteiger charge is -2.11. The predicted molar refractivity (Wildman–Crippen MR) is 113 cm³/mol. The van der Waals surface area contributed by atoms with Gasteiger partial charge in [0.05, 0.1) is 18.1 Å². The Labute approximate surface area is 180 Å². The fraction of sp³-hybridized carbons (Fsp3) is 0.250. The van der Waals surface area contributed by atoms with Crippen molar-refractivity contribution in [2.45, 2.75) is 26.2 Å². The molecule has 0 bridgehead atoms. The van der Waals surface area contributed by atoms with E-state index in [1.54, 1.807) is 31.2 Å². The van der Waals surface area contributed by atoms with Crippen LogP contribution in [0.5, 0.6) is 0 Å². The quantitative estimate of drug-likeness (QED) is 0.253. The highest BCUT2D eigenvalue weighted by Crippen LogP contribution is 2.27. The first-order valence-electron chi connectivity index (χ1n) is 8.48. The van der Waals surface area contributed by atoms with Crippen LogP contribution in [0.1, 0.15) is 37.3 Å². The molecule has 0 saturated heterocycles. The van der Waals surface area contributed by atoms with E-state index in [-0.39, 0.29) is 12.3 Å². The number of esters is 1. The maximum atomic E-state index is 11.4. The lowest BCUT2D eigenvalue weighted by molar-refractivity contribution is -0.140. The van der Waals surface area contributed by atoms with Crippen LogP contribution in [-0.2, 0) is 14.3 Å². The summed E-state index contributed by atoms with van der Waals surface area (Å²) in [5.41, 5.74) is 10.0. The van der Waals surface area contributed by atoms with E-state index in [0.717, 1.165) is 10.0 Å². The third-order valence-electron chi connectivity index (χ3n) is 3.68. The van der Waals surface area contributed by atoms with Gasteiger partial charge in [0.15, 0.2) is 0 Å². The van der Waals surface area contributed by atoms with Crippen LogP contribution in [0.25, 0.3) is 5.53 Å². The number of carboxylic acids is 1. The molecule has 1 N–H and O–H groups in total. The molecule has 8 heteroatoms. The van der Waals surface area contributed by atoms with E-state index in [1.807, 2.05) is 31.2 Å². The fourth-order valence-corrected chi connectivity index (χ4v) is 3.38. The Morgan fingerprint density at radius 1 is 1.07 bits per heavy atom. The van der Waals surface area contributed by atoms with Gasteiger partial charge in [-0.15, -0.1) is 0 Å². The number of carbonyl (C=O) groups excluding carboxylic acids is 1. The van der Waals surface area contributed by atoms with Crippen LogP contribution in [0.15, 0.2) is 57.5 Å². The average Bonchev–Trinajstić information content (AvgIpc) is 2.66. The second-order valence-corrected chi connectivity index (χ2v) is 7.18. The standard InChI is InChI=1S/C10H9BrN2O2.C10H11BrO2/c1-2-15-10(14)9(13-12)7-5-3-4-6-8(7)11;1-2-7(10(12)13)8-5-3-4-6-9(8)11/h3-6H,2H2,1H3;3-7H,2H2,1H3,(H,12,13). The number of benzene rings is 2. The van der Waals surface area contributed by atoms with E-state index < -0.39 is 17.9 Å². The lowest BCUT2D eigenvalue weighted by Crippen LogP contribution is -2.20. The zero-order valence-electron chi connectivity index (χ0n) is 15.4. The second kappa shape index (κ2) is 12.2. The van der Waals surface area contributed by atoms with Gasteiger partial charge in [-0.1, -0.05) is 53.2 Å². The number of hydrogen-bond donors (Lipinski definition) is 1. The molecule has 0 aliphatic heterocycles. The van der Waals surface area contributed by atoms with Crippen molar-refractivity contribution in [1.29, 1.82) is 0 Å². The molecule has 0 aliphatic rings. The smallest absolute Gasteiger partial charge is 0.422 e. The van der Waals surface area contributed by atoms with Gasteiger partial charge < -0.3 is 15.4 Å². The zero-order valence-corrected chi connectivity index (χ0v) is 18.6. The number of hydrogen-bond acceptors (Lipinski definition) is 3. The van der Waals surface area contributed by atoms with Gasteiger partial charge in [-0.2, -0.15) is 4.79 Å². The van der Waals surface area contributed by atoms with Crippen molar-refractivity contribution in [3.63, 3.8) is 0 Å². The van der Waals surface area contributed by atoms with E-state index in [1.165, 1.54) is 0 Å². The Morgan fingerprint density at radius 2 is 1.64 bits per heavy atom. The summed E-state index contributed by atoms with van der Waals surface area (Å²) in [6.45, 7) is 3.80. The first-order valence-corrected chi connectivity index (χ1v) is 10.1. The average molecular weight is 512 g/mol. The molecule has 1 unspecified atom stereocenters. The van der Waals surface area contributed by atoms with Crippen LogP contribution >= 0.6 is 31.9 Å². The summed E-state index contributed by atoms with van der Waals surface area (Å²) in [5, 5.41) is 8.93. The van der Waals surface area contributed by atoms with Crippen molar-refractivity contribution in [1.82, 2.24) is 0 Å². The Bertz CT molecular complexity index is 880. The van der Waals surface area contributed by atoms with Crippen molar-refractivity contribution >= 4 is 49.5 Å². The van der Waals surface area contributed by atoms with Crippen LogP contribution in [0.3, 0.4) is 0 Å². The number of aliphatic carboxylic acids is 1. The molecule has 2 aromatic rings. The molecule has 0 heterocycles. The predicted octanol–water partition coefficient (Wildman–Crippen LogP) is 5.06. The molecule has 0 saturated carbocycles. The van der Waals surface area contributed by atoms with Crippen LogP contribution < -0.4 is 0 Å².